The highest BCUT2D eigenvalue weighted by Gasteiger charge is 2.20. The van der Waals surface area contributed by atoms with Crippen molar-refractivity contribution in [2.24, 2.45) is 0 Å². The van der Waals surface area contributed by atoms with Gasteiger partial charge in [-0.3, -0.25) is 4.79 Å². The van der Waals surface area contributed by atoms with Crippen molar-refractivity contribution in [3.8, 4) is 0 Å². The van der Waals surface area contributed by atoms with Crippen molar-refractivity contribution in [1.82, 2.24) is 10.2 Å². The van der Waals surface area contributed by atoms with Gasteiger partial charge >= 0.3 is 0 Å². The number of nitrogens with zero attached hydrogens (tertiary/aromatic N) is 1. The predicted molar refractivity (Wildman–Crippen MR) is 62.8 cm³/mol. The van der Waals surface area contributed by atoms with Gasteiger partial charge in [0, 0.05) is 13.1 Å². The molecule has 0 bridgehead atoms. The van der Waals surface area contributed by atoms with Gasteiger partial charge in [-0.2, -0.15) is 0 Å². The quantitative estimate of drug-likeness (QED) is 0.720. The topological polar surface area (TPSA) is 32.3 Å². The highest BCUT2D eigenvalue weighted by molar-refractivity contribution is 5.81. The van der Waals surface area contributed by atoms with E-state index in [-0.39, 0.29) is 11.9 Å². The van der Waals surface area contributed by atoms with E-state index in [1.165, 1.54) is 19.3 Å². The Bertz CT molecular complexity index is 194. The molecule has 0 saturated carbocycles. The second kappa shape index (κ2) is 6.83. The van der Waals surface area contributed by atoms with Crippen LogP contribution >= 0.6 is 0 Å². The maximum Gasteiger partial charge on any atom is 0.239 e. The van der Waals surface area contributed by atoms with E-state index in [1.54, 1.807) is 0 Å². The fourth-order valence-corrected chi connectivity index (χ4v) is 1.99. The predicted octanol–water partition coefficient (Wildman–Crippen LogP) is 1.78. The lowest BCUT2D eigenvalue weighted by Crippen LogP contribution is -2.47. The van der Waals surface area contributed by atoms with Crippen LogP contribution in [-0.2, 0) is 4.79 Å². The van der Waals surface area contributed by atoms with Crippen molar-refractivity contribution in [1.29, 1.82) is 0 Å². The number of hydrogen-bond donors (Lipinski definition) is 1. The molecule has 88 valence electrons. The average Bonchev–Trinajstić information content (AvgIpc) is 2.23. The molecule has 1 heterocycles. The van der Waals surface area contributed by atoms with Gasteiger partial charge in [-0.1, -0.05) is 19.8 Å². The van der Waals surface area contributed by atoms with Gasteiger partial charge in [0.2, 0.25) is 5.91 Å². The summed E-state index contributed by atoms with van der Waals surface area (Å²) >= 11 is 0. The zero-order valence-corrected chi connectivity index (χ0v) is 10.1. The fourth-order valence-electron chi connectivity index (χ4n) is 1.99. The standard InChI is InChI=1S/C12H24N2O/c1-3-4-6-9-14-10-7-5-8-13-11(2)12(14)15/h11,13H,3-10H2,1-2H3. The Balaban J connectivity index is 2.39. The van der Waals surface area contributed by atoms with E-state index >= 15 is 0 Å². The third-order valence-corrected chi connectivity index (χ3v) is 3.02. The molecule has 0 aliphatic carbocycles. The number of nitrogens with one attached hydrogen (secondary N) is 1. The summed E-state index contributed by atoms with van der Waals surface area (Å²) in [6.45, 7) is 7.04. The molecule has 3 heteroatoms. The van der Waals surface area contributed by atoms with Crippen LogP contribution in [0.2, 0.25) is 0 Å². The molecule has 1 fully saturated rings. The molecular weight excluding hydrogens is 188 g/mol. The van der Waals surface area contributed by atoms with E-state index in [9.17, 15) is 4.79 Å². The molecular formula is C12H24N2O. The lowest BCUT2D eigenvalue weighted by molar-refractivity contribution is -0.133. The van der Waals surface area contributed by atoms with Gasteiger partial charge in [-0.15, -0.1) is 0 Å². The number of rotatable bonds is 4. The normalized spacial score (nSPS) is 23.7. The van der Waals surface area contributed by atoms with E-state index < -0.39 is 0 Å². The minimum atomic E-state index is 0.00641. The number of hydrogen-bond acceptors (Lipinski definition) is 2. The SMILES string of the molecule is CCCCCN1CCCCNC(C)C1=O. The Labute approximate surface area is 93.2 Å². The second-order valence-electron chi connectivity index (χ2n) is 4.42. The molecule has 3 nitrogen and oxygen atoms in total. The monoisotopic (exact) mass is 212 g/mol. The van der Waals surface area contributed by atoms with Crippen LogP contribution in [0.3, 0.4) is 0 Å². The summed E-state index contributed by atoms with van der Waals surface area (Å²) < 4.78 is 0. The Morgan fingerprint density at radius 3 is 2.93 bits per heavy atom. The van der Waals surface area contributed by atoms with E-state index in [4.69, 9.17) is 0 Å². The van der Waals surface area contributed by atoms with Crippen molar-refractivity contribution in [2.45, 2.75) is 52.0 Å². The summed E-state index contributed by atoms with van der Waals surface area (Å²) in [5, 5.41) is 3.26. The Hall–Kier alpha value is -0.570. The van der Waals surface area contributed by atoms with Gasteiger partial charge in [0.15, 0.2) is 0 Å². The maximum atomic E-state index is 12.0. The van der Waals surface area contributed by atoms with Crippen LogP contribution in [0.4, 0.5) is 0 Å². The first-order valence-corrected chi connectivity index (χ1v) is 6.28. The van der Waals surface area contributed by atoms with Gasteiger partial charge in [-0.05, 0) is 32.7 Å². The van der Waals surface area contributed by atoms with Crippen molar-refractivity contribution in [3.05, 3.63) is 0 Å². The molecule has 15 heavy (non-hydrogen) atoms. The first-order chi connectivity index (χ1) is 7.25. The van der Waals surface area contributed by atoms with E-state index in [0.29, 0.717) is 0 Å². The zero-order chi connectivity index (χ0) is 11.1. The molecule has 0 spiro atoms. The molecule has 1 unspecified atom stereocenters. The highest BCUT2D eigenvalue weighted by Crippen LogP contribution is 2.06. The molecule has 0 radical (unpaired) electrons. The van der Waals surface area contributed by atoms with Crippen LogP contribution < -0.4 is 5.32 Å². The average molecular weight is 212 g/mol. The molecule has 1 aliphatic heterocycles. The minimum absolute atomic E-state index is 0.00641. The Morgan fingerprint density at radius 2 is 2.20 bits per heavy atom. The van der Waals surface area contributed by atoms with Gasteiger partial charge in [0.25, 0.3) is 0 Å². The summed E-state index contributed by atoms with van der Waals surface area (Å²) in [4.78, 5) is 14.0. The van der Waals surface area contributed by atoms with Crippen molar-refractivity contribution >= 4 is 5.91 Å². The van der Waals surface area contributed by atoms with Crippen LogP contribution in [0.25, 0.3) is 0 Å². The summed E-state index contributed by atoms with van der Waals surface area (Å²) in [6, 6.07) is 0.00641. The molecule has 0 aromatic heterocycles. The van der Waals surface area contributed by atoms with E-state index in [2.05, 4.69) is 12.2 Å². The van der Waals surface area contributed by atoms with Crippen LogP contribution in [0.15, 0.2) is 0 Å². The van der Waals surface area contributed by atoms with Gasteiger partial charge in [0.1, 0.15) is 0 Å². The van der Waals surface area contributed by atoms with Gasteiger partial charge in [-0.25, -0.2) is 0 Å². The van der Waals surface area contributed by atoms with Gasteiger partial charge in [0.05, 0.1) is 6.04 Å². The molecule has 1 saturated heterocycles. The van der Waals surface area contributed by atoms with E-state index in [0.717, 1.165) is 32.5 Å². The largest absolute Gasteiger partial charge is 0.341 e. The molecule has 1 rings (SSSR count). The van der Waals surface area contributed by atoms with Crippen LogP contribution in [-0.4, -0.2) is 36.5 Å². The highest BCUT2D eigenvalue weighted by atomic mass is 16.2. The fraction of sp³-hybridized carbons (Fsp3) is 0.917. The van der Waals surface area contributed by atoms with Crippen LogP contribution in [0.1, 0.15) is 46.0 Å². The molecule has 1 N–H and O–H groups in total. The number of carbonyl (C=O) groups is 1. The molecule has 1 atom stereocenters. The van der Waals surface area contributed by atoms with Crippen molar-refractivity contribution in [3.63, 3.8) is 0 Å². The molecule has 1 amide bonds. The molecule has 1 aliphatic rings. The third-order valence-electron chi connectivity index (χ3n) is 3.02. The Morgan fingerprint density at radius 1 is 1.40 bits per heavy atom. The van der Waals surface area contributed by atoms with Crippen molar-refractivity contribution < 1.29 is 4.79 Å². The first kappa shape index (κ1) is 12.5. The molecule has 0 aromatic carbocycles. The van der Waals surface area contributed by atoms with Crippen molar-refractivity contribution in [2.75, 3.05) is 19.6 Å². The van der Waals surface area contributed by atoms with Gasteiger partial charge < -0.3 is 10.2 Å². The zero-order valence-electron chi connectivity index (χ0n) is 10.1. The number of amides is 1. The number of carbonyl (C=O) groups excluding carboxylic acids is 1. The smallest absolute Gasteiger partial charge is 0.239 e. The maximum absolute atomic E-state index is 12.0. The minimum Gasteiger partial charge on any atom is -0.341 e. The summed E-state index contributed by atoms with van der Waals surface area (Å²) in [6.07, 6.45) is 5.91. The third kappa shape index (κ3) is 4.20. The second-order valence-corrected chi connectivity index (χ2v) is 4.42. The van der Waals surface area contributed by atoms with Crippen LogP contribution in [0.5, 0.6) is 0 Å². The summed E-state index contributed by atoms with van der Waals surface area (Å²) in [5.41, 5.74) is 0. The van der Waals surface area contributed by atoms with E-state index in [1.807, 2.05) is 11.8 Å². The number of unbranched alkanes of at least 4 members (excludes halogenated alkanes) is 2. The summed E-state index contributed by atoms with van der Waals surface area (Å²) in [5.74, 6) is 0.283. The lowest BCUT2D eigenvalue weighted by atomic mass is 10.1. The summed E-state index contributed by atoms with van der Waals surface area (Å²) in [7, 11) is 0. The lowest BCUT2D eigenvalue weighted by Gasteiger charge is -2.28. The Kier molecular flexibility index (Phi) is 5.69. The van der Waals surface area contributed by atoms with Crippen LogP contribution in [0, 0.1) is 0 Å². The first-order valence-electron chi connectivity index (χ1n) is 6.28. The molecule has 0 aromatic rings.